The Kier molecular flexibility index (Phi) is 5.73. The van der Waals surface area contributed by atoms with Gasteiger partial charge in [0.2, 0.25) is 0 Å². The van der Waals surface area contributed by atoms with Gasteiger partial charge in [0.05, 0.1) is 12.7 Å². The van der Waals surface area contributed by atoms with E-state index in [1.807, 2.05) is 25.1 Å². The van der Waals surface area contributed by atoms with Crippen LogP contribution in [0.25, 0.3) is 10.9 Å². The highest BCUT2D eigenvalue weighted by Crippen LogP contribution is 2.38. The molecule has 0 spiro atoms. The second kappa shape index (κ2) is 8.03. The van der Waals surface area contributed by atoms with E-state index in [0.29, 0.717) is 24.6 Å². The zero-order valence-corrected chi connectivity index (χ0v) is 16.3. The predicted molar refractivity (Wildman–Crippen MR) is 105 cm³/mol. The second-order valence-electron chi connectivity index (χ2n) is 7.38. The molecule has 3 rings (SSSR count). The second-order valence-corrected chi connectivity index (χ2v) is 7.38. The minimum atomic E-state index is -0.838. The summed E-state index contributed by atoms with van der Waals surface area (Å²) in [4.78, 5) is 25.6. The monoisotopic (exact) mass is 372 g/mol. The van der Waals surface area contributed by atoms with Crippen LogP contribution in [0.4, 0.5) is 0 Å². The highest BCUT2D eigenvalue weighted by Gasteiger charge is 2.27. The van der Waals surface area contributed by atoms with E-state index in [-0.39, 0.29) is 12.3 Å². The topological polar surface area (TPSA) is 71.8 Å². The van der Waals surface area contributed by atoms with Gasteiger partial charge in [-0.1, -0.05) is 12.8 Å². The average Bonchev–Trinajstić information content (AvgIpc) is 3.25. The van der Waals surface area contributed by atoms with Gasteiger partial charge in [0.1, 0.15) is 5.75 Å². The molecule has 0 aliphatic heterocycles. The maximum Gasteiger partial charge on any atom is 0.303 e. The van der Waals surface area contributed by atoms with E-state index in [1.165, 1.54) is 12.8 Å². The lowest BCUT2D eigenvalue weighted by molar-refractivity contribution is -0.137. The van der Waals surface area contributed by atoms with Gasteiger partial charge in [0, 0.05) is 42.7 Å². The van der Waals surface area contributed by atoms with E-state index in [1.54, 1.807) is 19.1 Å². The van der Waals surface area contributed by atoms with E-state index < -0.39 is 5.97 Å². The predicted octanol–water partition coefficient (Wildman–Crippen LogP) is 4.01. The van der Waals surface area contributed by atoms with Crippen LogP contribution in [0, 0.1) is 6.92 Å². The summed E-state index contributed by atoms with van der Waals surface area (Å²) < 4.78 is 7.70. The molecule has 1 aliphatic rings. The molecule has 1 heterocycles. The maximum absolute atomic E-state index is 13.2. The summed E-state index contributed by atoms with van der Waals surface area (Å²) in [6, 6.07) is 6.35. The number of ether oxygens (including phenoxy) is 1. The van der Waals surface area contributed by atoms with Gasteiger partial charge >= 0.3 is 5.97 Å². The Bertz CT molecular complexity index is 849. The third-order valence-corrected chi connectivity index (χ3v) is 5.59. The van der Waals surface area contributed by atoms with Crippen molar-refractivity contribution in [1.82, 2.24) is 9.47 Å². The van der Waals surface area contributed by atoms with Crippen LogP contribution in [0.15, 0.2) is 18.2 Å². The van der Waals surface area contributed by atoms with Gasteiger partial charge in [-0.3, -0.25) is 9.59 Å². The third kappa shape index (κ3) is 3.80. The Labute approximate surface area is 159 Å². The summed E-state index contributed by atoms with van der Waals surface area (Å²) in [6.07, 6.45) is 5.23. The van der Waals surface area contributed by atoms with Gasteiger partial charge in [-0.2, -0.15) is 0 Å². The minimum absolute atomic E-state index is 0.0621. The molecule has 1 aromatic heterocycles. The van der Waals surface area contributed by atoms with Crippen molar-refractivity contribution in [3.05, 3.63) is 29.5 Å². The van der Waals surface area contributed by atoms with Gasteiger partial charge in [0.15, 0.2) is 0 Å². The SMILES string of the molecule is COc1ccc2c(c1)c(C(=O)N(C)CCCC(=O)O)c(C)n2C1CCCC1. The summed E-state index contributed by atoms with van der Waals surface area (Å²) in [5, 5.41) is 9.74. The molecule has 6 nitrogen and oxygen atoms in total. The maximum atomic E-state index is 13.2. The van der Waals surface area contributed by atoms with Crippen LogP contribution in [0.2, 0.25) is 0 Å². The molecule has 2 aromatic rings. The molecule has 0 unspecified atom stereocenters. The van der Waals surface area contributed by atoms with Crippen molar-refractivity contribution in [3.63, 3.8) is 0 Å². The summed E-state index contributed by atoms with van der Waals surface area (Å²) >= 11 is 0. The average molecular weight is 372 g/mol. The molecule has 0 saturated heterocycles. The molecule has 146 valence electrons. The number of rotatable bonds is 7. The number of fused-ring (bicyclic) bond motifs is 1. The molecule has 27 heavy (non-hydrogen) atoms. The molecule has 0 bridgehead atoms. The number of aliphatic carboxylic acids is 1. The largest absolute Gasteiger partial charge is 0.497 e. The van der Waals surface area contributed by atoms with Crippen molar-refractivity contribution in [2.75, 3.05) is 20.7 Å². The van der Waals surface area contributed by atoms with E-state index in [9.17, 15) is 9.59 Å². The number of aromatic nitrogens is 1. The molecule has 6 heteroatoms. The normalized spacial score (nSPS) is 14.6. The van der Waals surface area contributed by atoms with Crippen LogP contribution in [0.1, 0.15) is 60.6 Å². The number of carbonyl (C=O) groups is 2. The number of amides is 1. The first kappa shape index (κ1) is 19.3. The van der Waals surface area contributed by atoms with Crippen LogP contribution in [-0.4, -0.2) is 47.2 Å². The Morgan fingerprint density at radius 2 is 2.00 bits per heavy atom. The van der Waals surface area contributed by atoms with Crippen LogP contribution in [-0.2, 0) is 4.79 Å². The first-order chi connectivity index (χ1) is 12.9. The molecule has 1 aromatic carbocycles. The number of carbonyl (C=O) groups excluding carboxylic acids is 1. The molecule has 1 amide bonds. The molecule has 1 saturated carbocycles. The molecular formula is C21H28N2O4. The van der Waals surface area contributed by atoms with Crippen LogP contribution < -0.4 is 4.74 Å². The first-order valence-electron chi connectivity index (χ1n) is 9.59. The van der Waals surface area contributed by atoms with Crippen molar-refractivity contribution in [2.24, 2.45) is 0 Å². The van der Waals surface area contributed by atoms with Gasteiger partial charge in [-0.05, 0) is 44.4 Å². The number of hydrogen-bond acceptors (Lipinski definition) is 3. The quantitative estimate of drug-likeness (QED) is 0.797. The van der Waals surface area contributed by atoms with Crippen molar-refractivity contribution < 1.29 is 19.4 Å². The lowest BCUT2D eigenvalue weighted by Crippen LogP contribution is -2.28. The van der Waals surface area contributed by atoms with Crippen molar-refractivity contribution in [1.29, 1.82) is 0 Å². The highest BCUT2D eigenvalue weighted by molar-refractivity contribution is 6.08. The van der Waals surface area contributed by atoms with Gasteiger partial charge < -0.3 is 19.3 Å². The minimum Gasteiger partial charge on any atom is -0.497 e. The Morgan fingerprint density at radius 1 is 1.30 bits per heavy atom. The number of nitrogens with zero attached hydrogens (tertiary/aromatic N) is 2. The fourth-order valence-corrected chi connectivity index (χ4v) is 4.21. The zero-order valence-electron chi connectivity index (χ0n) is 16.3. The summed E-state index contributed by atoms with van der Waals surface area (Å²) in [6.45, 7) is 2.44. The molecule has 0 radical (unpaired) electrons. The zero-order chi connectivity index (χ0) is 19.6. The van der Waals surface area contributed by atoms with E-state index in [4.69, 9.17) is 9.84 Å². The fraction of sp³-hybridized carbons (Fsp3) is 0.524. The standard InChI is InChI=1S/C21H28N2O4/c1-14-20(21(26)22(2)12-6-9-19(24)25)17-13-16(27-3)10-11-18(17)23(14)15-7-4-5-8-15/h10-11,13,15H,4-9,12H2,1-3H3,(H,24,25). The van der Waals surface area contributed by atoms with Crippen molar-refractivity contribution >= 4 is 22.8 Å². The Hall–Kier alpha value is -2.50. The van der Waals surface area contributed by atoms with Crippen LogP contribution >= 0.6 is 0 Å². The van der Waals surface area contributed by atoms with Gasteiger partial charge in [0.25, 0.3) is 5.91 Å². The number of carboxylic acid groups (broad SMARTS) is 1. The lowest BCUT2D eigenvalue weighted by Gasteiger charge is -2.19. The lowest BCUT2D eigenvalue weighted by atomic mass is 10.1. The molecule has 1 aliphatic carbocycles. The summed E-state index contributed by atoms with van der Waals surface area (Å²) in [5.74, 6) is -0.170. The molecule has 1 N–H and O–H groups in total. The third-order valence-electron chi connectivity index (χ3n) is 5.59. The Morgan fingerprint density at radius 3 is 2.63 bits per heavy atom. The number of hydrogen-bond donors (Lipinski definition) is 1. The number of methoxy groups -OCH3 is 1. The summed E-state index contributed by atoms with van der Waals surface area (Å²) in [7, 11) is 3.37. The van der Waals surface area contributed by atoms with E-state index >= 15 is 0 Å². The van der Waals surface area contributed by atoms with Gasteiger partial charge in [-0.15, -0.1) is 0 Å². The highest BCUT2D eigenvalue weighted by atomic mass is 16.5. The smallest absolute Gasteiger partial charge is 0.303 e. The fourth-order valence-electron chi connectivity index (χ4n) is 4.21. The van der Waals surface area contributed by atoms with E-state index in [2.05, 4.69) is 4.57 Å². The van der Waals surface area contributed by atoms with Crippen molar-refractivity contribution in [2.45, 2.75) is 51.5 Å². The first-order valence-corrected chi connectivity index (χ1v) is 9.59. The molecule has 0 atom stereocenters. The number of carboxylic acids is 1. The van der Waals surface area contributed by atoms with E-state index in [0.717, 1.165) is 35.2 Å². The molecule has 1 fully saturated rings. The Balaban J connectivity index is 2.01. The molecular weight excluding hydrogens is 344 g/mol. The van der Waals surface area contributed by atoms with Crippen LogP contribution in [0.3, 0.4) is 0 Å². The van der Waals surface area contributed by atoms with Gasteiger partial charge in [-0.25, -0.2) is 0 Å². The summed E-state index contributed by atoms with van der Waals surface area (Å²) in [5.41, 5.74) is 2.76. The number of benzene rings is 1. The van der Waals surface area contributed by atoms with Crippen LogP contribution in [0.5, 0.6) is 5.75 Å². The van der Waals surface area contributed by atoms with Crippen molar-refractivity contribution in [3.8, 4) is 5.75 Å².